The van der Waals surface area contributed by atoms with E-state index in [1.165, 1.54) is 0 Å². The number of amides is 1. The van der Waals surface area contributed by atoms with Crippen molar-refractivity contribution in [1.29, 1.82) is 0 Å². The van der Waals surface area contributed by atoms with Crippen molar-refractivity contribution in [3.05, 3.63) is 27.7 Å². The number of aliphatic hydroxyl groups is 1. The standard InChI is InChI=1S/C13H15BrClNO3/c14-11-6-9(15)3-4-12(11)19-8-13(18)16-5-1-2-10(16)7-17/h3-4,6,10,17H,1-2,5,7-8H2/t10-/m0/s1. The number of carbonyl (C=O) groups excluding carboxylic acids is 1. The summed E-state index contributed by atoms with van der Waals surface area (Å²) < 4.78 is 6.20. The van der Waals surface area contributed by atoms with Gasteiger partial charge in [-0.2, -0.15) is 0 Å². The van der Waals surface area contributed by atoms with E-state index in [1.807, 2.05) is 0 Å². The van der Waals surface area contributed by atoms with Gasteiger partial charge in [0.15, 0.2) is 6.61 Å². The Hall–Kier alpha value is -0.780. The lowest BCUT2D eigenvalue weighted by atomic mass is 10.2. The summed E-state index contributed by atoms with van der Waals surface area (Å²) in [5, 5.41) is 9.79. The minimum absolute atomic E-state index is 0.0103. The molecular formula is C13H15BrClNO3. The molecule has 6 heteroatoms. The van der Waals surface area contributed by atoms with Crippen LogP contribution in [0.15, 0.2) is 22.7 Å². The van der Waals surface area contributed by atoms with Crippen LogP contribution < -0.4 is 4.74 Å². The van der Waals surface area contributed by atoms with Gasteiger partial charge in [-0.3, -0.25) is 4.79 Å². The molecule has 0 bridgehead atoms. The molecule has 0 spiro atoms. The van der Waals surface area contributed by atoms with Crippen LogP contribution in [0, 0.1) is 0 Å². The van der Waals surface area contributed by atoms with Crippen molar-refractivity contribution in [2.75, 3.05) is 19.8 Å². The minimum atomic E-state index is -0.0987. The molecule has 1 amide bonds. The molecule has 104 valence electrons. The summed E-state index contributed by atoms with van der Waals surface area (Å²) in [6, 6.07) is 5.07. The first kappa shape index (κ1) is 14.6. The summed E-state index contributed by atoms with van der Waals surface area (Å²) in [5.74, 6) is 0.482. The maximum Gasteiger partial charge on any atom is 0.260 e. The largest absolute Gasteiger partial charge is 0.483 e. The van der Waals surface area contributed by atoms with Gasteiger partial charge in [0.05, 0.1) is 17.1 Å². The molecule has 1 atom stereocenters. The van der Waals surface area contributed by atoms with E-state index < -0.39 is 0 Å². The zero-order valence-corrected chi connectivity index (χ0v) is 12.7. The highest BCUT2D eigenvalue weighted by Gasteiger charge is 2.28. The average molecular weight is 349 g/mol. The van der Waals surface area contributed by atoms with Crippen LogP contribution in [0.25, 0.3) is 0 Å². The van der Waals surface area contributed by atoms with Crippen LogP contribution in [0.5, 0.6) is 5.75 Å². The summed E-state index contributed by atoms with van der Waals surface area (Å²) in [5.41, 5.74) is 0. The quantitative estimate of drug-likeness (QED) is 0.909. The molecule has 0 aliphatic carbocycles. The normalized spacial score (nSPS) is 18.7. The lowest BCUT2D eigenvalue weighted by Gasteiger charge is -2.23. The van der Waals surface area contributed by atoms with Gasteiger partial charge < -0.3 is 14.7 Å². The maximum absolute atomic E-state index is 12.0. The molecule has 0 radical (unpaired) electrons. The first-order chi connectivity index (χ1) is 9.11. The topological polar surface area (TPSA) is 49.8 Å². The van der Waals surface area contributed by atoms with Gasteiger partial charge in [-0.1, -0.05) is 11.6 Å². The second kappa shape index (κ2) is 6.59. The van der Waals surface area contributed by atoms with Gasteiger partial charge in [-0.25, -0.2) is 0 Å². The third kappa shape index (κ3) is 3.61. The molecule has 0 unspecified atom stereocenters. The van der Waals surface area contributed by atoms with Crippen molar-refractivity contribution >= 4 is 33.4 Å². The van der Waals surface area contributed by atoms with Crippen LogP contribution >= 0.6 is 27.5 Å². The Balaban J connectivity index is 1.93. The van der Waals surface area contributed by atoms with E-state index in [9.17, 15) is 9.90 Å². The summed E-state index contributed by atoms with van der Waals surface area (Å²) in [7, 11) is 0. The van der Waals surface area contributed by atoms with Gasteiger partial charge in [0.2, 0.25) is 0 Å². The van der Waals surface area contributed by atoms with Crippen LogP contribution in [0.3, 0.4) is 0 Å². The van der Waals surface area contributed by atoms with Crippen molar-refractivity contribution in [3.63, 3.8) is 0 Å². The number of carbonyl (C=O) groups is 1. The van der Waals surface area contributed by atoms with E-state index in [-0.39, 0.29) is 25.2 Å². The van der Waals surface area contributed by atoms with Gasteiger partial charge in [-0.05, 0) is 47.0 Å². The van der Waals surface area contributed by atoms with Crippen molar-refractivity contribution < 1.29 is 14.6 Å². The monoisotopic (exact) mass is 347 g/mol. The Bertz CT molecular complexity index is 469. The fraction of sp³-hybridized carbons (Fsp3) is 0.462. The summed E-state index contributed by atoms with van der Waals surface area (Å²) >= 11 is 9.16. The molecule has 1 aliphatic rings. The minimum Gasteiger partial charge on any atom is -0.483 e. The van der Waals surface area contributed by atoms with Crippen LogP contribution in [-0.4, -0.2) is 41.7 Å². The Morgan fingerprint density at radius 2 is 2.37 bits per heavy atom. The lowest BCUT2D eigenvalue weighted by molar-refractivity contribution is -0.134. The number of likely N-dealkylation sites (tertiary alicyclic amines) is 1. The van der Waals surface area contributed by atoms with E-state index in [0.717, 1.165) is 12.8 Å². The smallest absolute Gasteiger partial charge is 0.260 e. The third-order valence-corrected chi connectivity index (χ3v) is 4.01. The van der Waals surface area contributed by atoms with E-state index in [1.54, 1.807) is 23.1 Å². The Morgan fingerprint density at radius 3 is 3.05 bits per heavy atom. The number of nitrogens with zero attached hydrogens (tertiary/aromatic N) is 1. The molecule has 2 rings (SSSR count). The molecule has 1 fully saturated rings. The first-order valence-corrected chi connectivity index (χ1v) is 7.27. The van der Waals surface area contributed by atoms with E-state index in [0.29, 0.717) is 21.8 Å². The third-order valence-electron chi connectivity index (χ3n) is 3.15. The summed E-state index contributed by atoms with van der Waals surface area (Å²) in [6.07, 6.45) is 1.79. The second-order valence-electron chi connectivity index (χ2n) is 4.43. The lowest BCUT2D eigenvalue weighted by Crippen LogP contribution is -2.40. The fourth-order valence-corrected chi connectivity index (χ4v) is 2.97. The van der Waals surface area contributed by atoms with E-state index in [2.05, 4.69) is 15.9 Å². The number of benzene rings is 1. The van der Waals surface area contributed by atoms with Crippen LogP contribution in [0.1, 0.15) is 12.8 Å². The van der Waals surface area contributed by atoms with Crippen LogP contribution in [-0.2, 0) is 4.79 Å². The van der Waals surface area contributed by atoms with Crippen molar-refractivity contribution in [1.82, 2.24) is 4.90 Å². The van der Waals surface area contributed by atoms with E-state index >= 15 is 0 Å². The summed E-state index contributed by atoms with van der Waals surface area (Å²) in [4.78, 5) is 13.7. The molecule has 1 aliphatic heterocycles. The van der Waals surface area contributed by atoms with Gasteiger partial charge in [0, 0.05) is 11.6 Å². The zero-order chi connectivity index (χ0) is 13.8. The highest BCUT2D eigenvalue weighted by Crippen LogP contribution is 2.28. The van der Waals surface area contributed by atoms with Crippen molar-refractivity contribution in [2.45, 2.75) is 18.9 Å². The van der Waals surface area contributed by atoms with Gasteiger partial charge in [-0.15, -0.1) is 0 Å². The van der Waals surface area contributed by atoms with Crippen LogP contribution in [0.2, 0.25) is 5.02 Å². The van der Waals surface area contributed by atoms with Crippen molar-refractivity contribution in [2.24, 2.45) is 0 Å². The number of rotatable bonds is 4. The highest BCUT2D eigenvalue weighted by molar-refractivity contribution is 9.10. The second-order valence-corrected chi connectivity index (χ2v) is 5.72. The maximum atomic E-state index is 12.0. The molecule has 1 saturated heterocycles. The van der Waals surface area contributed by atoms with Gasteiger partial charge in [0.1, 0.15) is 5.75 Å². The molecule has 0 saturated carbocycles. The van der Waals surface area contributed by atoms with Crippen LogP contribution in [0.4, 0.5) is 0 Å². The Kier molecular flexibility index (Phi) is 5.07. The van der Waals surface area contributed by atoms with Crippen molar-refractivity contribution in [3.8, 4) is 5.75 Å². The Labute approximate surface area is 125 Å². The molecule has 19 heavy (non-hydrogen) atoms. The number of hydrogen-bond donors (Lipinski definition) is 1. The molecule has 0 aromatic heterocycles. The predicted octanol–water partition coefficient (Wildman–Crippen LogP) is 2.46. The zero-order valence-electron chi connectivity index (χ0n) is 10.3. The summed E-state index contributed by atoms with van der Waals surface area (Å²) in [6.45, 7) is 0.669. The van der Waals surface area contributed by atoms with E-state index in [4.69, 9.17) is 16.3 Å². The average Bonchev–Trinajstić information content (AvgIpc) is 2.85. The fourth-order valence-electron chi connectivity index (χ4n) is 2.17. The molecule has 4 nitrogen and oxygen atoms in total. The predicted molar refractivity (Wildman–Crippen MR) is 76.5 cm³/mol. The molecule has 1 aromatic carbocycles. The SMILES string of the molecule is O=C(COc1ccc(Cl)cc1Br)N1CCC[C@H]1CO. The molecule has 1 heterocycles. The van der Waals surface area contributed by atoms with Gasteiger partial charge >= 0.3 is 0 Å². The molecular weight excluding hydrogens is 334 g/mol. The number of halogens is 2. The number of ether oxygens (including phenoxy) is 1. The number of hydrogen-bond acceptors (Lipinski definition) is 3. The highest BCUT2D eigenvalue weighted by atomic mass is 79.9. The molecule has 1 aromatic rings. The Morgan fingerprint density at radius 1 is 1.58 bits per heavy atom. The van der Waals surface area contributed by atoms with Gasteiger partial charge in [0.25, 0.3) is 5.91 Å². The molecule has 1 N–H and O–H groups in total. The first-order valence-electron chi connectivity index (χ1n) is 6.10. The number of aliphatic hydroxyl groups excluding tert-OH is 1.